The summed E-state index contributed by atoms with van der Waals surface area (Å²) < 4.78 is 5.24. The van der Waals surface area contributed by atoms with Gasteiger partial charge in [0.2, 0.25) is 0 Å². The molecule has 0 spiro atoms. The molecule has 0 aromatic heterocycles. The lowest BCUT2D eigenvalue weighted by Crippen LogP contribution is -2.58. The maximum Gasteiger partial charge on any atom is 0.331 e. The predicted octanol–water partition coefficient (Wildman–Crippen LogP) is 5.18. The minimum absolute atomic E-state index is 0.156. The van der Waals surface area contributed by atoms with Gasteiger partial charge < -0.3 is 14.7 Å². The number of rotatable bonds is 10. The SMILES string of the molecule is CCCC1C(C(C)(C)CC[C@@H](CC)NOC)CC[C@]2(C)[C@@H](C3=CC(=O)OC3)CC[C@]12O. The van der Waals surface area contributed by atoms with Crippen LogP contribution in [0.2, 0.25) is 0 Å². The van der Waals surface area contributed by atoms with E-state index < -0.39 is 5.60 Å². The standard InChI is InChI=1S/C26H45NO4/c1-7-9-22-21(24(3,4)13-10-19(8-2)27-30-6)11-14-25(5)20(12-15-26(22,25)29)18-16-23(28)31-17-18/h16,19-22,27,29H,7-15,17H2,1-6H3/t19-,20-,21?,22?,25-,26+/m1/s1. The maximum absolute atomic E-state index is 12.3. The molecule has 2 aliphatic carbocycles. The zero-order valence-corrected chi connectivity index (χ0v) is 20.6. The Labute approximate surface area is 189 Å². The van der Waals surface area contributed by atoms with Crippen molar-refractivity contribution in [3.63, 3.8) is 0 Å². The number of fused-ring (bicyclic) bond motifs is 1. The van der Waals surface area contributed by atoms with Crippen molar-refractivity contribution in [2.24, 2.45) is 28.6 Å². The summed E-state index contributed by atoms with van der Waals surface area (Å²) in [6, 6.07) is 0.369. The van der Waals surface area contributed by atoms with Crippen molar-refractivity contribution in [1.29, 1.82) is 0 Å². The molecular formula is C26H45NO4. The molecule has 0 radical (unpaired) electrons. The summed E-state index contributed by atoms with van der Waals surface area (Å²) in [6.45, 7) is 12.0. The first-order chi connectivity index (χ1) is 14.6. The number of hydrogen-bond acceptors (Lipinski definition) is 5. The number of hydrogen-bond donors (Lipinski definition) is 2. The van der Waals surface area contributed by atoms with Gasteiger partial charge >= 0.3 is 5.97 Å². The fraction of sp³-hybridized carbons (Fsp3) is 0.885. The van der Waals surface area contributed by atoms with Crippen LogP contribution in [0.4, 0.5) is 0 Å². The molecule has 2 N–H and O–H groups in total. The molecule has 2 fully saturated rings. The highest BCUT2D eigenvalue weighted by molar-refractivity contribution is 5.85. The molecule has 6 atom stereocenters. The number of carbonyl (C=O) groups excluding carboxylic acids is 1. The van der Waals surface area contributed by atoms with E-state index in [0.717, 1.165) is 63.4 Å². The van der Waals surface area contributed by atoms with E-state index >= 15 is 0 Å². The zero-order chi connectivity index (χ0) is 22.9. The van der Waals surface area contributed by atoms with Crippen LogP contribution in [0.1, 0.15) is 92.4 Å². The fourth-order valence-corrected chi connectivity index (χ4v) is 7.38. The largest absolute Gasteiger partial charge is 0.458 e. The highest BCUT2D eigenvalue weighted by Crippen LogP contribution is 2.66. The van der Waals surface area contributed by atoms with E-state index in [1.807, 2.05) is 0 Å². The maximum atomic E-state index is 12.3. The molecular weight excluding hydrogens is 390 g/mol. The van der Waals surface area contributed by atoms with Crippen LogP contribution in [0, 0.1) is 28.6 Å². The summed E-state index contributed by atoms with van der Waals surface area (Å²) >= 11 is 0. The van der Waals surface area contributed by atoms with E-state index in [0.29, 0.717) is 24.5 Å². The van der Waals surface area contributed by atoms with Gasteiger partial charge in [0.25, 0.3) is 0 Å². The predicted molar refractivity (Wildman–Crippen MR) is 123 cm³/mol. The second kappa shape index (κ2) is 9.52. The Bertz CT molecular complexity index is 674. The van der Waals surface area contributed by atoms with Crippen LogP contribution in [-0.4, -0.2) is 36.4 Å². The number of aliphatic hydroxyl groups is 1. The van der Waals surface area contributed by atoms with Crippen molar-refractivity contribution in [2.75, 3.05) is 13.7 Å². The molecule has 0 amide bonds. The second-order valence-electron chi connectivity index (χ2n) is 11.3. The average Bonchev–Trinajstić information content (AvgIpc) is 3.26. The lowest BCUT2D eigenvalue weighted by atomic mass is 9.49. The van der Waals surface area contributed by atoms with E-state index in [4.69, 9.17) is 9.57 Å². The minimum atomic E-state index is -0.671. The first-order valence-electron chi connectivity index (χ1n) is 12.5. The second-order valence-corrected chi connectivity index (χ2v) is 11.3. The molecule has 1 aliphatic heterocycles. The lowest BCUT2D eigenvalue weighted by molar-refractivity contribution is -0.176. The first kappa shape index (κ1) is 24.7. The summed E-state index contributed by atoms with van der Waals surface area (Å²) in [5, 5.41) is 12.3. The molecule has 3 rings (SSSR count). The Balaban J connectivity index is 1.83. The van der Waals surface area contributed by atoms with E-state index in [1.54, 1.807) is 13.2 Å². The van der Waals surface area contributed by atoms with E-state index in [9.17, 15) is 9.90 Å². The van der Waals surface area contributed by atoms with Gasteiger partial charge in [0, 0.05) is 17.5 Å². The number of cyclic esters (lactones) is 1. The molecule has 3 aliphatic rings. The molecule has 0 aromatic carbocycles. The van der Waals surface area contributed by atoms with Gasteiger partial charge in [0.15, 0.2) is 0 Å². The number of nitrogens with one attached hydrogen (secondary N) is 1. The Hall–Kier alpha value is -0.910. The summed E-state index contributed by atoms with van der Waals surface area (Å²) in [6.07, 6.45) is 11.0. The van der Waals surface area contributed by atoms with Crippen LogP contribution in [-0.2, 0) is 14.4 Å². The van der Waals surface area contributed by atoms with E-state index in [1.165, 1.54) is 0 Å². The van der Waals surface area contributed by atoms with Gasteiger partial charge in [-0.05, 0) is 80.1 Å². The Morgan fingerprint density at radius 2 is 2.06 bits per heavy atom. The summed E-state index contributed by atoms with van der Waals surface area (Å²) in [7, 11) is 1.69. The van der Waals surface area contributed by atoms with Gasteiger partial charge in [-0.3, -0.25) is 0 Å². The van der Waals surface area contributed by atoms with Crippen LogP contribution in [0.25, 0.3) is 0 Å². The highest BCUT2D eigenvalue weighted by atomic mass is 16.6. The van der Waals surface area contributed by atoms with Crippen LogP contribution in [0.15, 0.2) is 11.6 Å². The van der Waals surface area contributed by atoms with Crippen molar-refractivity contribution in [3.05, 3.63) is 11.6 Å². The van der Waals surface area contributed by atoms with Gasteiger partial charge in [-0.1, -0.05) is 41.0 Å². The smallest absolute Gasteiger partial charge is 0.331 e. The third kappa shape index (κ3) is 4.47. The Kier molecular flexibility index (Phi) is 7.60. The van der Waals surface area contributed by atoms with Gasteiger partial charge in [-0.15, -0.1) is 0 Å². The van der Waals surface area contributed by atoms with Crippen molar-refractivity contribution >= 4 is 5.97 Å². The average molecular weight is 436 g/mol. The molecule has 0 aromatic rings. The Morgan fingerprint density at radius 3 is 2.65 bits per heavy atom. The third-order valence-corrected chi connectivity index (χ3v) is 9.30. The van der Waals surface area contributed by atoms with Crippen molar-refractivity contribution in [1.82, 2.24) is 5.48 Å². The van der Waals surface area contributed by atoms with Crippen molar-refractivity contribution in [3.8, 4) is 0 Å². The van der Waals surface area contributed by atoms with E-state index in [-0.39, 0.29) is 22.7 Å². The number of esters is 1. The molecule has 5 heteroatoms. The normalized spacial score (nSPS) is 36.8. The van der Waals surface area contributed by atoms with E-state index in [2.05, 4.69) is 40.1 Å². The molecule has 178 valence electrons. The van der Waals surface area contributed by atoms with Crippen LogP contribution >= 0.6 is 0 Å². The number of ether oxygens (including phenoxy) is 1. The quantitative estimate of drug-likeness (QED) is 0.366. The van der Waals surface area contributed by atoms with Gasteiger partial charge in [0.05, 0.1) is 12.7 Å². The summed E-state index contributed by atoms with van der Waals surface area (Å²) in [5.41, 5.74) is 3.55. The summed E-state index contributed by atoms with van der Waals surface area (Å²) in [4.78, 5) is 16.9. The van der Waals surface area contributed by atoms with Crippen molar-refractivity contribution < 1.29 is 19.5 Å². The van der Waals surface area contributed by atoms with Crippen LogP contribution in [0.5, 0.6) is 0 Å². The topological polar surface area (TPSA) is 67.8 Å². The van der Waals surface area contributed by atoms with Crippen molar-refractivity contribution in [2.45, 2.75) is 104 Å². The van der Waals surface area contributed by atoms with Gasteiger partial charge in [-0.2, -0.15) is 5.48 Å². The Morgan fingerprint density at radius 1 is 1.32 bits per heavy atom. The number of hydroxylamine groups is 1. The molecule has 1 heterocycles. The highest BCUT2D eigenvalue weighted by Gasteiger charge is 2.65. The monoisotopic (exact) mass is 435 g/mol. The zero-order valence-electron chi connectivity index (χ0n) is 20.6. The number of carbonyl (C=O) groups is 1. The molecule has 31 heavy (non-hydrogen) atoms. The first-order valence-corrected chi connectivity index (χ1v) is 12.5. The molecule has 0 bridgehead atoms. The van der Waals surface area contributed by atoms with Crippen LogP contribution in [0.3, 0.4) is 0 Å². The molecule has 2 saturated carbocycles. The molecule has 0 saturated heterocycles. The molecule has 5 nitrogen and oxygen atoms in total. The lowest BCUT2D eigenvalue weighted by Gasteiger charge is -2.58. The summed E-state index contributed by atoms with van der Waals surface area (Å²) in [5.74, 6) is 0.831. The van der Waals surface area contributed by atoms with Gasteiger partial charge in [0.1, 0.15) is 6.61 Å². The fourth-order valence-electron chi connectivity index (χ4n) is 7.38. The van der Waals surface area contributed by atoms with Gasteiger partial charge in [-0.25, -0.2) is 4.79 Å². The molecule has 2 unspecified atom stereocenters. The van der Waals surface area contributed by atoms with Crippen LogP contribution < -0.4 is 5.48 Å². The third-order valence-electron chi connectivity index (χ3n) is 9.30. The minimum Gasteiger partial charge on any atom is -0.458 e.